The quantitative estimate of drug-likeness (QED) is 0.493. The van der Waals surface area contributed by atoms with Gasteiger partial charge in [-0.05, 0) is 18.6 Å². The molecule has 0 saturated heterocycles. The number of nitrogens with one attached hydrogen (secondary N) is 2. The van der Waals surface area contributed by atoms with E-state index in [1.54, 1.807) is 6.92 Å². The third kappa shape index (κ3) is 2.82. The zero-order chi connectivity index (χ0) is 10.4. The van der Waals surface area contributed by atoms with E-state index >= 15 is 0 Å². The summed E-state index contributed by atoms with van der Waals surface area (Å²) in [7, 11) is 0. The van der Waals surface area contributed by atoms with Crippen LogP contribution in [-0.4, -0.2) is 10.9 Å². The lowest BCUT2D eigenvalue weighted by Crippen LogP contribution is -2.19. The molecule has 13 heavy (non-hydrogen) atoms. The number of halogens is 1. The molecule has 0 radical (unpaired) electrons. The lowest BCUT2D eigenvalue weighted by Gasteiger charge is -2.00. The fourth-order valence-electron chi connectivity index (χ4n) is 0.749. The highest BCUT2D eigenvalue weighted by atomic mass is 19.1. The van der Waals surface area contributed by atoms with E-state index in [2.05, 4.69) is 0 Å². The minimum absolute atomic E-state index is 0.110. The Hall–Kier alpha value is -1.45. The van der Waals surface area contributed by atoms with Gasteiger partial charge in [0.15, 0.2) is 0 Å². The smallest absolute Gasteiger partial charge is 0.142 e. The molecule has 0 aliphatic heterocycles. The molecule has 1 heterocycles. The Bertz CT molecular complexity index is 341. The van der Waals surface area contributed by atoms with E-state index in [1.165, 1.54) is 6.07 Å². The first-order chi connectivity index (χ1) is 6.15. The van der Waals surface area contributed by atoms with Gasteiger partial charge in [0.25, 0.3) is 0 Å². The van der Waals surface area contributed by atoms with Crippen LogP contribution in [0, 0.1) is 23.6 Å². The Morgan fingerprint density at radius 2 is 2.00 bits per heavy atom. The van der Waals surface area contributed by atoms with Crippen molar-refractivity contribution in [2.45, 2.75) is 20.8 Å². The van der Waals surface area contributed by atoms with Crippen LogP contribution in [0.15, 0.2) is 12.3 Å². The van der Waals surface area contributed by atoms with Crippen molar-refractivity contribution in [3.05, 3.63) is 29.1 Å². The first kappa shape index (κ1) is 11.6. The van der Waals surface area contributed by atoms with E-state index in [4.69, 9.17) is 10.8 Å². The Kier molecular flexibility index (Phi) is 4.66. The highest BCUT2D eigenvalue weighted by Gasteiger charge is 1.97. The number of rotatable bonds is 1. The normalized spacial score (nSPS) is 8.62. The van der Waals surface area contributed by atoms with Crippen molar-refractivity contribution in [2.75, 3.05) is 0 Å². The maximum atomic E-state index is 12.7. The van der Waals surface area contributed by atoms with Crippen LogP contribution in [0.4, 0.5) is 4.39 Å². The summed E-state index contributed by atoms with van der Waals surface area (Å²) in [6.07, 6.45) is 2.01. The number of pyridine rings is 1. The standard InChI is InChI=1S/C7H8FN3.C2H6/c1-5-2-7(10)11(4-9)3-6(5)8;1-2/h2-4,9-10H,1H3;1-2H3. The molecule has 2 N–H and O–H groups in total. The fourth-order valence-corrected chi connectivity index (χ4v) is 0.749. The second-order valence-corrected chi connectivity index (χ2v) is 2.23. The molecule has 4 heteroatoms. The summed E-state index contributed by atoms with van der Waals surface area (Å²) < 4.78 is 13.8. The summed E-state index contributed by atoms with van der Waals surface area (Å²) in [6.45, 7) is 5.58. The van der Waals surface area contributed by atoms with Gasteiger partial charge in [-0.1, -0.05) is 13.8 Å². The van der Waals surface area contributed by atoms with Gasteiger partial charge in [-0.2, -0.15) is 0 Å². The minimum Gasteiger partial charge on any atom is -0.291 e. The van der Waals surface area contributed by atoms with Crippen LogP contribution in [0.3, 0.4) is 0 Å². The minimum atomic E-state index is -0.399. The highest BCUT2D eigenvalue weighted by molar-refractivity contribution is 5.53. The van der Waals surface area contributed by atoms with E-state index < -0.39 is 5.82 Å². The van der Waals surface area contributed by atoms with Crippen molar-refractivity contribution in [1.29, 1.82) is 10.8 Å². The summed E-state index contributed by atoms with van der Waals surface area (Å²) in [5.41, 5.74) is 0.534. The van der Waals surface area contributed by atoms with Crippen molar-refractivity contribution in [3.63, 3.8) is 0 Å². The average Bonchev–Trinajstić information content (AvgIpc) is 2.15. The topological polar surface area (TPSA) is 52.6 Å². The summed E-state index contributed by atoms with van der Waals surface area (Å²) in [5, 5.41) is 14.1. The molecule has 0 amide bonds. The molecule has 0 saturated carbocycles. The zero-order valence-electron chi connectivity index (χ0n) is 8.06. The molecule has 0 aromatic carbocycles. The largest absolute Gasteiger partial charge is 0.291 e. The van der Waals surface area contributed by atoms with Crippen LogP contribution in [0.5, 0.6) is 0 Å². The van der Waals surface area contributed by atoms with Crippen LogP contribution < -0.4 is 5.49 Å². The van der Waals surface area contributed by atoms with Crippen molar-refractivity contribution < 1.29 is 4.39 Å². The Balaban J connectivity index is 0.000000671. The molecule has 0 unspecified atom stereocenters. The second-order valence-electron chi connectivity index (χ2n) is 2.23. The molecule has 0 fully saturated rings. The first-order valence-corrected chi connectivity index (χ1v) is 4.08. The van der Waals surface area contributed by atoms with Crippen LogP contribution in [-0.2, 0) is 0 Å². The highest BCUT2D eigenvalue weighted by Crippen LogP contribution is 1.98. The molecule has 0 aliphatic carbocycles. The van der Waals surface area contributed by atoms with Crippen LogP contribution in [0.1, 0.15) is 19.4 Å². The van der Waals surface area contributed by atoms with Crippen molar-refractivity contribution >= 4 is 6.34 Å². The van der Waals surface area contributed by atoms with E-state index in [-0.39, 0.29) is 5.49 Å². The van der Waals surface area contributed by atoms with Crippen LogP contribution in [0.25, 0.3) is 0 Å². The molecule has 1 aromatic heterocycles. The van der Waals surface area contributed by atoms with Gasteiger partial charge in [0.05, 0.1) is 6.34 Å². The van der Waals surface area contributed by atoms with Gasteiger partial charge >= 0.3 is 0 Å². The summed E-state index contributed by atoms with van der Waals surface area (Å²) in [6, 6.07) is 1.38. The third-order valence-corrected chi connectivity index (χ3v) is 1.40. The fraction of sp³-hybridized carbons (Fsp3) is 0.333. The number of hydrogen-bond donors (Lipinski definition) is 2. The van der Waals surface area contributed by atoms with Gasteiger partial charge in [-0.15, -0.1) is 0 Å². The molecule has 72 valence electrons. The van der Waals surface area contributed by atoms with Gasteiger partial charge < -0.3 is 0 Å². The van der Waals surface area contributed by atoms with Crippen LogP contribution >= 0.6 is 0 Å². The Morgan fingerprint density at radius 3 is 2.46 bits per heavy atom. The van der Waals surface area contributed by atoms with Crippen molar-refractivity contribution in [2.24, 2.45) is 0 Å². The molecular formula is C9H14FN3. The lowest BCUT2D eigenvalue weighted by molar-refractivity contribution is 0.604. The number of aryl methyl sites for hydroxylation is 1. The van der Waals surface area contributed by atoms with Gasteiger partial charge in [-0.3, -0.25) is 15.4 Å². The van der Waals surface area contributed by atoms with Gasteiger partial charge in [0.2, 0.25) is 0 Å². The Labute approximate surface area is 76.9 Å². The maximum Gasteiger partial charge on any atom is 0.142 e. The maximum absolute atomic E-state index is 12.7. The molecule has 3 nitrogen and oxygen atoms in total. The van der Waals surface area contributed by atoms with Crippen LogP contribution in [0.2, 0.25) is 0 Å². The molecule has 1 rings (SSSR count). The summed E-state index contributed by atoms with van der Waals surface area (Å²) in [5.74, 6) is -0.399. The van der Waals surface area contributed by atoms with Gasteiger partial charge in [0.1, 0.15) is 11.3 Å². The monoisotopic (exact) mass is 183 g/mol. The molecular weight excluding hydrogens is 169 g/mol. The summed E-state index contributed by atoms with van der Waals surface area (Å²) in [4.78, 5) is 0. The van der Waals surface area contributed by atoms with E-state index in [9.17, 15) is 4.39 Å². The van der Waals surface area contributed by atoms with Gasteiger partial charge in [0, 0.05) is 6.20 Å². The first-order valence-electron chi connectivity index (χ1n) is 4.08. The third-order valence-electron chi connectivity index (χ3n) is 1.40. The number of nitrogens with zero attached hydrogens (tertiary/aromatic N) is 1. The molecule has 0 atom stereocenters. The lowest BCUT2D eigenvalue weighted by atomic mass is 10.3. The zero-order valence-corrected chi connectivity index (χ0v) is 8.06. The van der Waals surface area contributed by atoms with Gasteiger partial charge in [-0.25, -0.2) is 4.39 Å². The molecule has 0 aliphatic rings. The average molecular weight is 183 g/mol. The number of hydrogen-bond acceptors (Lipinski definition) is 2. The van der Waals surface area contributed by atoms with E-state index in [0.717, 1.165) is 17.1 Å². The number of aromatic nitrogens is 1. The predicted molar refractivity (Wildman–Crippen MR) is 50.5 cm³/mol. The van der Waals surface area contributed by atoms with E-state index in [0.29, 0.717) is 5.56 Å². The molecule has 0 bridgehead atoms. The predicted octanol–water partition coefficient (Wildman–Crippen LogP) is 1.90. The SMILES string of the molecule is CC.Cc1cc(=N)n(C=N)cc1F. The van der Waals surface area contributed by atoms with E-state index in [1.807, 2.05) is 13.8 Å². The Morgan fingerprint density at radius 1 is 1.46 bits per heavy atom. The summed E-state index contributed by atoms with van der Waals surface area (Å²) >= 11 is 0. The molecule has 1 aromatic rings. The van der Waals surface area contributed by atoms with Crippen molar-refractivity contribution in [1.82, 2.24) is 4.57 Å². The molecule has 0 spiro atoms. The second kappa shape index (κ2) is 5.24. The van der Waals surface area contributed by atoms with Crippen molar-refractivity contribution in [3.8, 4) is 0 Å².